The zero-order chi connectivity index (χ0) is 25.5. The third-order valence-corrected chi connectivity index (χ3v) is 4.78. The van der Waals surface area contributed by atoms with Crippen molar-refractivity contribution in [1.29, 1.82) is 0 Å². The fraction of sp³-hybridized carbons (Fsp3) is 0.227. The normalized spacial score (nSPS) is 12.1. The smallest absolute Gasteiger partial charge is 0.434 e. The van der Waals surface area contributed by atoms with Gasteiger partial charge in [-0.25, -0.2) is 4.79 Å². The molecule has 1 aliphatic heterocycles. The number of ether oxygens (including phenoxy) is 2. The molecule has 35 heavy (non-hydrogen) atoms. The van der Waals surface area contributed by atoms with Crippen molar-refractivity contribution in [2.75, 3.05) is 26.2 Å². The third kappa shape index (κ3) is 5.96. The van der Waals surface area contributed by atoms with E-state index in [0.717, 1.165) is 12.1 Å². The van der Waals surface area contributed by atoms with Crippen LogP contribution in [0.1, 0.15) is 38.0 Å². The minimum atomic E-state index is -0.858. The van der Waals surface area contributed by atoms with Gasteiger partial charge in [-0.15, -0.1) is 0 Å². The molecule has 0 saturated heterocycles. The molecular formula is C22H20N4O9. The van der Waals surface area contributed by atoms with Gasteiger partial charge in [-0.1, -0.05) is 0 Å². The van der Waals surface area contributed by atoms with E-state index in [-0.39, 0.29) is 47.8 Å². The Hall–Kier alpha value is -4.81. The molecule has 3 rings (SSSR count). The first-order valence-electron chi connectivity index (χ1n) is 10.4. The van der Waals surface area contributed by atoms with Crippen molar-refractivity contribution in [2.24, 2.45) is 0 Å². The van der Waals surface area contributed by atoms with Crippen molar-refractivity contribution < 1.29 is 38.4 Å². The van der Waals surface area contributed by atoms with Gasteiger partial charge in [-0.3, -0.25) is 34.2 Å². The van der Waals surface area contributed by atoms with Crippen LogP contribution in [0.25, 0.3) is 0 Å². The zero-order valence-corrected chi connectivity index (χ0v) is 18.4. The van der Waals surface area contributed by atoms with E-state index in [1.54, 1.807) is 6.92 Å². The van der Waals surface area contributed by atoms with Gasteiger partial charge < -0.3 is 20.1 Å². The molecule has 182 valence electrons. The molecule has 4 amide bonds. The van der Waals surface area contributed by atoms with Crippen molar-refractivity contribution in [3.8, 4) is 5.75 Å². The summed E-state index contributed by atoms with van der Waals surface area (Å²) in [7, 11) is 0. The van der Waals surface area contributed by atoms with Gasteiger partial charge in [0, 0.05) is 30.8 Å². The summed E-state index contributed by atoms with van der Waals surface area (Å²) in [5, 5.41) is 15.9. The SMILES string of the molecule is CCOC(=O)Oc1ccc(C(=O)NCCNC(=O)CN2C(=O)c3ccc([N+](=O)[O-])cc3C2=O)cc1. The third-order valence-electron chi connectivity index (χ3n) is 4.78. The van der Waals surface area contributed by atoms with Crippen molar-refractivity contribution in [3.05, 3.63) is 69.3 Å². The molecule has 0 fully saturated rings. The van der Waals surface area contributed by atoms with Crippen LogP contribution in [-0.2, 0) is 9.53 Å². The highest BCUT2D eigenvalue weighted by atomic mass is 16.7. The lowest BCUT2D eigenvalue weighted by atomic mass is 10.1. The first-order valence-corrected chi connectivity index (χ1v) is 10.4. The summed E-state index contributed by atoms with van der Waals surface area (Å²) in [6, 6.07) is 9.01. The lowest BCUT2D eigenvalue weighted by Crippen LogP contribution is -2.42. The average Bonchev–Trinajstić information content (AvgIpc) is 3.06. The highest BCUT2D eigenvalue weighted by Gasteiger charge is 2.37. The number of nitro benzene ring substituents is 1. The van der Waals surface area contributed by atoms with Gasteiger partial charge in [0.25, 0.3) is 23.4 Å². The van der Waals surface area contributed by atoms with Crippen LogP contribution < -0.4 is 15.4 Å². The van der Waals surface area contributed by atoms with Crippen LogP contribution in [-0.4, -0.2) is 65.8 Å². The van der Waals surface area contributed by atoms with E-state index in [2.05, 4.69) is 15.4 Å². The lowest BCUT2D eigenvalue weighted by Gasteiger charge is -2.13. The number of hydrogen-bond acceptors (Lipinski definition) is 9. The van der Waals surface area contributed by atoms with E-state index in [9.17, 15) is 34.1 Å². The second kappa shape index (κ2) is 10.9. The number of benzene rings is 2. The largest absolute Gasteiger partial charge is 0.513 e. The molecule has 0 aliphatic carbocycles. The van der Waals surface area contributed by atoms with E-state index >= 15 is 0 Å². The molecular weight excluding hydrogens is 464 g/mol. The summed E-state index contributed by atoms with van der Waals surface area (Å²) in [5.74, 6) is -2.41. The standard InChI is InChI=1S/C22H20N4O9/c1-2-34-22(31)35-15-6-3-13(4-7-15)19(28)24-10-9-23-18(27)12-25-20(29)16-8-5-14(26(32)33)11-17(16)21(25)30/h3-8,11H,2,9-10,12H2,1H3,(H,23,27)(H,24,28). The van der Waals surface area contributed by atoms with Gasteiger partial charge >= 0.3 is 6.16 Å². The predicted octanol–water partition coefficient (Wildman–Crippen LogP) is 1.27. The minimum absolute atomic E-state index is 0.0145. The number of carbonyl (C=O) groups is 5. The maximum absolute atomic E-state index is 12.4. The number of non-ortho nitro benzene ring substituents is 1. The molecule has 0 saturated carbocycles. The quantitative estimate of drug-likeness (QED) is 0.133. The van der Waals surface area contributed by atoms with Crippen LogP contribution in [0.3, 0.4) is 0 Å². The van der Waals surface area contributed by atoms with Crippen molar-refractivity contribution >= 4 is 35.5 Å². The van der Waals surface area contributed by atoms with Crippen LogP contribution in [0.4, 0.5) is 10.5 Å². The van der Waals surface area contributed by atoms with Crippen molar-refractivity contribution in [3.63, 3.8) is 0 Å². The van der Waals surface area contributed by atoms with Gasteiger partial charge in [0.05, 0.1) is 22.7 Å². The number of amides is 4. The number of hydrogen-bond donors (Lipinski definition) is 2. The van der Waals surface area contributed by atoms with Crippen LogP contribution >= 0.6 is 0 Å². The van der Waals surface area contributed by atoms with E-state index in [1.165, 1.54) is 30.3 Å². The fourth-order valence-corrected chi connectivity index (χ4v) is 3.13. The molecule has 0 unspecified atom stereocenters. The maximum Gasteiger partial charge on any atom is 0.513 e. The molecule has 0 atom stereocenters. The van der Waals surface area contributed by atoms with Gasteiger partial charge in [0.1, 0.15) is 12.3 Å². The Labute approximate surface area is 198 Å². The molecule has 2 aromatic rings. The monoisotopic (exact) mass is 484 g/mol. The van der Waals surface area contributed by atoms with Crippen LogP contribution in [0, 0.1) is 10.1 Å². The molecule has 2 N–H and O–H groups in total. The minimum Gasteiger partial charge on any atom is -0.434 e. The first kappa shape index (κ1) is 24.8. The molecule has 2 aromatic carbocycles. The number of fused-ring (bicyclic) bond motifs is 1. The Morgan fingerprint density at radius 3 is 2.29 bits per heavy atom. The summed E-state index contributed by atoms with van der Waals surface area (Å²) in [5.41, 5.74) is -0.206. The number of rotatable bonds is 9. The average molecular weight is 484 g/mol. The molecule has 13 nitrogen and oxygen atoms in total. The van der Waals surface area contributed by atoms with Crippen LogP contribution in [0.15, 0.2) is 42.5 Å². The molecule has 0 spiro atoms. The maximum atomic E-state index is 12.4. The molecule has 13 heteroatoms. The topological polar surface area (TPSA) is 174 Å². The number of nitrogens with one attached hydrogen (secondary N) is 2. The second-order valence-electron chi connectivity index (χ2n) is 7.10. The second-order valence-corrected chi connectivity index (χ2v) is 7.10. The van der Waals surface area contributed by atoms with Gasteiger partial charge in [-0.05, 0) is 37.3 Å². The van der Waals surface area contributed by atoms with Gasteiger partial charge in [0.15, 0.2) is 0 Å². The Bertz CT molecular complexity index is 1190. The van der Waals surface area contributed by atoms with Gasteiger partial charge in [-0.2, -0.15) is 0 Å². The first-order chi connectivity index (χ1) is 16.7. The summed E-state index contributed by atoms with van der Waals surface area (Å²) in [6.07, 6.45) is -0.858. The fourth-order valence-electron chi connectivity index (χ4n) is 3.13. The summed E-state index contributed by atoms with van der Waals surface area (Å²) in [6.45, 7) is 1.30. The lowest BCUT2D eigenvalue weighted by molar-refractivity contribution is -0.384. The number of nitro groups is 1. The van der Waals surface area contributed by atoms with E-state index in [0.29, 0.717) is 4.90 Å². The molecule has 0 bridgehead atoms. The molecule has 0 aromatic heterocycles. The van der Waals surface area contributed by atoms with E-state index < -0.39 is 41.3 Å². The summed E-state index contributed by atoms with van der Waals surface area (Å²) < 4.78 is 9.55. The van der Waals surface area contributed by atoms with Gasteiger partial charge in [0.2, 0.25) is 5.91 Å². The molecule has 0 radical (unpaired) electrons. The van der Waals surface area contributed by atoms with Crippen molar-refractivity contribution in [2.45, 2.75) is 6.92 Å². The Balaban J connectivity index is 1.44. The van der Waals surface area contributed by atoms with Crippen LogP contribution in [0.5, 0.6) is 5.75 Å². The summed E-state index contributed by atoms with van der Waals surface area (Å²) in [4.78, 5) is 71.3. The Kier molecular flexibility index (Phi) is 7.71. The van der Waals surface area contributed by atoms with E-state index in [1.807, 2.05) is 0 Å². The molecule has 1 aliphatic rings. The zero-order valence-electron chi connectivity index (χ0n) is 18.4. The number of carbonyl (C=O) groups excluding carboxylic acids is 5. The predicted molar refractivity (Wildman–Crippen MR) is 118 cm³/mol. The molecule has 1 heterocycles. The van der Waals surface area contributed by atoms with E-state index in [4.69, 9.17) is 4.74 Å². The van der Waals surface area contributed by atoms with Crippen LogP contribution in [0.2, 0.25) is 0 Å². The summed E-state index contributed by atoms with van der Waals surface area (Å²) >= 11 is 0. The van der Waals surface area contributed by atoms with Crippen molar-refractivity contribution in [1.82, 2.24) is 15.5 Å². The number of nitrogens with zero attached hydrogens (tertiary/aromatic N) is 2. The highest BCUT2D eigenvalue weighted by Crippen LogP contribution is 2.26. The number of imide groups is 1. The Morgan fingerprint density at radius 2 is 1.63 bits per heavy atom. The highest BCUT2D eigenvalue weighted by molar-refractivity contribution is 6.22. The Morgan fingerprint density at radius 1 is 0.971 bits per heavy atom.